The van der Waals surface area contributed by atoms with E-state index in [1.807, 2.05) is 11.8 Å². The molecular weight excluding hydrogens is 516 g/mol. The second-order valence-corrected chi connectivity index (χ2v) is 9.29. The molecule has 2 atom stereocenters. The van der Waals surface area contributed by atoms with E-state index < -0.39 is 30.9 Å². The molecular formula is C28H30F4N4O3. The van der Waals surface area contributed by atoms with Crippen LogP contribution in [0.5, 0.6) is 5.75 Å². The molecule has 0 unspecified atom stereocenters. The van der Waals surface area contributed by atoms with Gasteiger partial charge in [-0.05, 0) is 55.3 Å². The minimum absolute atomic E-state index is 0.0552. The first-order chi connectivity index (χ1) is 18.6. The molecule has 1 aromatic heterocycles. The van der Waals surface area contributed by atoms with Gasteiger partial charge in [0.2, 0.25) is 0 Å². The van der Waals surface area contributed by atoms with Crippen LogP contribution in [0.1, 0.15) is 29.4 Å². The van der Waals surface area contributed by atoms with E-state index in [0.717, 1.165) is 17.7 Å². The molecule has 4 rings (SSSR count). The predicted octanol–water partition coefficient (Wildman–Crippen LogP) is 5.22. The van der Waals surface area contributed by atoms with E-state index in [2.05, 4.69) is 22.5 Å². The first-order valence-corrected chi connectivity index (χ1v) is 12.6. The topological polar surface area (TPSA) is 78.8 Å². The van der Waals surface area contributed by atoms with Gasteiger partial charge in [0.05, 0.1) is 42.2 Å². The maximum atomic E-state index is 14.8. The number of carboxylic acids is 1. The van der Waals surface area contributed by atoms with E-state index in [1.54, 1.807) is 24.3 Å². The van der Waals surface area contributed by atoms with Crippen LogP contribution in [-0.4, -0.2) is 72.2 Å². The summed E-state index contributed by atoms with van der Waals surface area (Å²) < 4.78 is 61.6. The Morgan fingerprint density at radius 1 is 1.21 bits per heavy atom. The van der Waals surface area contributed by atoms with Crippen molar-refractivity contribution in [2.75, 3.05) is 43.9 Å². The summed E-state index contributed by atoms with van der Waals surface area (Å²) in [7, 11) is 1.40. The number of anilines is 2. The summed E-state index contributed by atoms with van der Waals surface area (Å²) in [6, 6.07) is 10.4. The van der Waals surface area contributed by atoms with Crippen LogP contribution in [-0.2, 0) is 6.54 Å². The standard InChI is InChI=1S/C28H30F4N4O3/c1-3-35-13-11-23(21(29)16-35)34-22-7-4-8-25-20(22)15-19(36(25)17-28(30,31)32)6-5-12-33-24-10-9-18(27(37)38)14-26(24)39-2/h4,7-10,14-15,21,23,33-34H,3,11-13,16-17H2,1-2H3,(H,37,38)/t21-,23+/m0/s1. The van der Waals surface area contributed by atoms with Crippen molar-refractivity contribution in [1.29, 1.82) is 0 Å². The highest BCUT2D eigenvalue weighted by Crippen LogP contribution is 2.32. The molecule has 7 nitrogen and oxygen atoms in total. The van der Waals surface area contributed by atoms with Gasteiger partial charge in [-0.2, -0.15) is 13.2 Å². The number of carboxylic acid groups (broad SMARTS) is 1. The van der Waals surface area contributed by atoms with Crippen LogP contribution in [0, 0.1) is 11.8 Å². The number of carbonyl (C=O) groups is 1. The van der Waals surface area contributed by atoms with Gasteiger partial charge >= 0.3 is 12.1 Å². The number of methoxy groups -OCH3 is 1. The number of aromatic nitrogens is 1. The SMILES string of the molecule is CCN1CC[C@@H](Nc2cccc3c2cc(C#CCNc2ccc(C(=O)O)cc2OC)n3CC(F)(F)F)[C@@H](F)C1. The summed E-state index contributed by atoms with van der Waals surface area (Å²) in [5.74, 6) is 4.86. The molecule has 1 aliphatic rings. The number of nitrogens with one attached hydrogen (secondary N) is 2. The number of halogens is 4. The summed E-state index contributed by atoms with van der Waals surface area (Å²) in [5.41, 5.74) is 1.63. The van der Waals surface area contributed by atoms with E-state index in [1.165, 1.54) is 25.3 Å². The van der Waals surface area contributed by atoms with Gasteiger partial charge in [-0.25, -0.2) is 9.18 Å². The number of benzene rings is 2. The Kier molecular flexibility index (Phi) is 8.55. The predicted molar refractivity (Wildman–Crippen MR) is 142 cm³/mol. The zero-order valence-corrected chi connectivity index (χ0v) is 21.6. The van der Waals surface area contributed by atoms with Crippen LogP contribution >= 0.6 is 0 Å². The maximum absolute atomic E-state index is 14.8. The first kappa shape index (κ1) is 28.1. The zero-order valence-electron chi connectivity index (χ0n) is 21.6. The van der Waals surface area contributed by atoms with E-state index in [0.29, 0.717) is 41.0 Å². The van der Waals surface area contributed by atoms with Crippen molar-refractivity contribution in [3.8, 4) is 17.6 Å². The molecule has 2 aromatic carbocycles. The number of aromatic carboxylic acids is 1. The number of ether oxygens (including phenoxy) is 1. The molecule has 11 heteroatoms. The summed E-state index contributed by atoms with van der Waals surface area (Å²) >= 11 is 0. The van der Waals surface area contributed by atoms with Gasteiger partial charge in [0, 0.05) is 24.2 Å². The first-order valence-electron chi connectivity index (χ1n) is 12.6. The van der Waals surface area contributed by atoms with Crippen LogP contribution < -0.4 is 15.4 Å². The smallest absolute Gasteiger partial charge is 0.406 e. The Labute approximate surface area is 223 Å². The molecule has 1 aliphatic heterocycles. The highest BCUT2D eigenvalue weighted by molar-refractivity contribution is 5.94. The molecule has 1 fully saturated rings. The number of piperidine rings is 1. The lowest BCUT2D eigenvalue weighted by atomic mass is 10.0. The third kappa shape index (κ3) is 6.75. The average Bonchev–Trinajstić information content (AvgIpc) is 3.24. The maximum Gasteiger partial charge on any atom is 0.406 e. The number of hydrogen-bond acceptors (Lipinski definition) is 5. The average molecular weight is 547 g/mol. The Morgan fingerprint density at radius 2 is 2.00 bits per heavy atom. The lowest BCUT2D eigenvalue weighted by molar-refractivity contribution is -0.140. The van der Waals surface area contributed by atoms with Crippen LogP contribution in [0.25, 0.3) is 10.9 Å². The number of likely N-dealkylation sites (tertiary alicyclic amines) is 1. The van der Waals surface area contributed by atoms with Crippen LogP contribution in [0.4, 0.5) is 28.9 Å². The highest BCUT2D eigenvalue weighted by Gasteiger charge is 2.31. The molecule has 2 heterocycles. The molecule has 3 aromatic rings. The molecule has 0 amide bonds. The summed E-state index contributed by atoms with van der Waals surface area (Å²) in [4.78, 5) is 13.2. The molecule has 0 spiro atoms. The third-order valence-electron chi connectivity index (χ3n) is 6.73. The number of rotatable bonds is 8. The van der Waals surface area contributed by atoms with Gasteiger partial charge in [-0.1, -0.05) is 18.9 Å². The highest BCUT2D eigenvalue weighted by atomic mass is 19.4. The molecule has 1 saturated heterocycles. The van der Waals surface area contributed by atoms with E-state index in [9.17, 15) is 22.4 Å². The van der Waals surface area contributed by atoms with Gasteiger partial charge in [0.1, 0.15) is 18.5 Å². The lowest BCUT2D eigenvalue weighted by Crippen LogP contribution is -2.47. The molecule has 0 radical (unpaired) electrons. The summed E-state index contributed by atoms with van der Waals surface area (Å²) in [6.45, 7) is 2.65. The van der Waals surface area contributed by atoms with Crippen molar-refractivity contribution < 1.29 is 32.2 Å². The normalized spacial score (nSPS) is 17.9. The molecule has 0 aliphatic carbocycles. The van der Waals surface area contributed by atoms with Gasteiger partial charge in [0.25, 0.3) is 0 Å². The van der Waals surface area contributed by atoms with Gasteiger partial charge in [-0.3, -0.25) is 0 Å². The van der Waals surface area contributed by atoms with Crippen LogP contribution in [0.15, 0.2) is 42.5 Å². The van der Waals surface area contributed by atoms with Crippen LogP contribution in [0.2, 0.25) is 0 Å². The largest absolute Gasteiger partial charge is 0.495 e. The number of fused-ring (bicyclic) bond motifs is 1. The Balaban J connectivity index is 1.59. The summed E-state index contributed by atoms with van der Waals surface area (Å²) in [5, 5.41) is 15.9. The van der Waals surface area contributed by atoms with Gasteiger partial charge in [0.15, 0.2) is 0 Å². The number of hydrogen-bond donors (Lipinski definition) is 3. The van der Waals surface area contributed by atoms with Crippen molar-refractivity contribution in [1.82, 2.24) is 9.47 Å². The Hall–Kier alpha value is -3.91. The molecule has 3 N–H and O–H groups in total. The van der Waals surface area contributed by atoms with Crippen molar-refractivity contribution in [2.45, 2.75) is 38.3 Å². The van der Waals surface area contributed by atoms with Gasteiger partial charge < -0.3 is 29.9 Å². The van der Waals surface area contributed by atoms with E-state index in [-0.39, 0.29) is 17.8 Å². The zero-order chi connectivity index (χ0) is 28.2. The number of nitrogens with zero attached hydrogens (tertiary/aromatic N) is 2. The van der Waals surface area contributed by atoms with Gasteiger partial charge in [-0.15, -0.1) is 0 Å². The third-order valence-corrected chi connectivity index (χ3v) is 6.73. The Morgan fingerprint density at radius 3 is 2.67 bits per heavy atom. The van der Waals surface area contributed by atoms with Crippen LogP contribution in [0.3, 0.4) is 0 Å². The minimum Gasteiger partial charge on any atom is -0.495 e. The summed E-state index contributed by atoms with van der Waals surface area (Å²) in [6.07, 6.45) is -4.98. The molecule has 0 bridgehead atoms. The van der Waals surface area contributed by atoms with Crippen molar-refractivity contribution in [2.24, 2.45) is 0 Å². The molecule has 208 valence electrons. The second-order valence-electron chi connectivity index (χ2n) is 9.29. The molecule has 0 saturated carbocycles. The quantitative estimate of drug-likeness (QED) is 0.266. The lowest BCUT2D eigenvalue weighted by Gasteiger charge is -2.35. The number of alkyl halides is 4. The molecule has 39 heavy (non-hydrogen) atoms. The van der Waals surface area contributed by atoms with Crippen molar-refractivity contribution >= 4 is 28.2 Å². The van der Waals surface area contributed by atoms with E-state index in [4.69, 9.17) is 9.84 Å². The fourth-order valence-corrected chi connectivity index (χ4v) is 4.73. The Bertz CT molecular complexity index is 1390. The van der Waals surface area contributed by atoms with Crippen molar-refractivity contribution in [3.63, 3.8) is 0 Å². The fourth-order valence-electron chi connectivity index (χ4n) is 4.73. The monoisotopic (exact) mass is 546 g/mol. The minimum atomic E-state index is -4.47. The van der Waals surface area contributed by atoms with E-state index >= 15 is 0 Å². The second kappa shape index (κ2) is 11.9. The fraction of sp³-hybridized carbons (Fsp3) is 0.393. The van der Waals surface area contributed by atoms with Crippen molar-refractivity contribution in [3.05, 3.63) is 53.7 Å².